The minimum absolute atomic E-state index is 0.117. The predicted molar refractivity (Wildman–Crippen MR) is 79.4 cm³/mol. The van der Waals surface area contributed by atoms with Gasteiger partial charge in [-0.25, -0.2) is 0 Å². The van der Waals surface area contributed by atoms with Crippen LogP contribution in [0.5, 0.6) is 5.75 Å². The van der Waals surface area contributed by atoms with Crippen LogP contribution in [-0.4, -0.2) is 56.0 Å². The zero-order chi connectivity index (χ0) is 15.2. The van der Waals surface area contributed by atoms with Crippen LogP contribution in [-0.2, 0) is 9.59 Å². The zero-order valence-electron chi connectivity index (χ0n) is 11.8. The van der Waals surface area contributed by atoms with Gasteiger partial charge in [-0.05, 0) is 18.2 Å². The molecular formula is C14H18ClN3O3. The molecule has 1 fully saturated rings. The van der Waals surface area contributed by atoms with Crippen LogP contribution in [0.15, 0.2) is 24.3 Å². The molecule has 7 heteroatoms. The third-order valence-electron chi connectivity index (χ3n) is 3.27. The maximum atomic E-state index is 12.2. The number of nitrogens with zero attached hydrogens (tertiary/aromatic N) is 1. The average Bonchev–Trinajstić information content (AvgIpc) is 2.52. The van der Waals surface area contributed by atoms with Gasteiger partial charge < -0.3 is 20.3 Å². The molecule has 21 heavy (non-hydrogen) atoms. The van der Waals surface area contributed by atoms with E-state index in [1.54, 1.807) is 36.2 Å². The van der Waals surface area contributed by atoms with Crippen LogP contribution in [0.1, 0.15) is 0 Å². The highest BCUT2D eigenvalue weighted by atomic mass is 35.5. The Kier molecular flexibility index (Phi) is 5.41. The summed E-state index contributed by atoms with van der Waals surface area (Å²) in [5, 5.41) is 6.22. The number of carbonyl (C=O) groups is 2. The summed E-state index contributed by atoms with van der Waals surface area (Å²) in [5.41, 5.74) is 0. The molecular weight excluding hydrogens is 294 g/mol. The molecule has 1 aromatic carbocycles. The number of benzene rings is 1. The first-order valence-electron chi connectivity index (χ1n) is 6.72. The van der Waals surface area contributed by atoms with Crippen molar-refractivity contribution in [1.82, 2.24) is 15.5 Å². The lowest BCUT2D eigenvalue weighted by molar-refractivity contribution is -0.142. The molecule has 1 heterocycles. The molecule has 1 saturated heterocycles. The maximum Gasteiger partial charge on any atom is 0.261 e. The molecule has 0 radical (unpaired) electrons. The standard InChI is InChI=1S/C14H18ClN3O3/c1-16-14(20)12-8-17-5-6-18(12)13(19)9-21-11-4-2-3-10(15)7-11/h2-4,7,12,17H,5-6,8-9H2,1H3,(H,16,20). The van der Waals surface area contributed by atoms with Crippen LogP contribution < -0.4 is 15.4 Å². The SMILES string of the molecule is CNC(=O)C1CNCCN1C(=O)COc1cccc(Cl)c1. The number of likely N-dealkylation sites (N-methyl/N-ethyl adjacent to an activating group) is 1. The van der Waals surface area contributed by atoms with Crippen molar-refractivity contribution in [1.29, 1.82) is 0 Å². The number of halogens is 1. The zero-order valence-corrected chi connectivity index (χ0v) is 12.5. The van der Waals surface area contributed by atoms with Crippen LogP contribution in [0.25, 0.3) is 0 Å². The normalized spacial score (nSPS) is 18.2. The van der Waals surface area contributed by atoms with E-state index >= 15 is 0 Å². The molecule has 2 rings (SSSR count). The Labute approximate surface area is 128 Å². The van der Waals surface area contributed by atoms with E-state index in [0.717, 1.165) is 0 Å². The summed E-state index contributed by atoms with van der Waals surface area (Å²) in [6, 6.07) is 6.35. The van der Waals surface area contributed by atoms with E-state index in [9.17, 15) is 9.59 Å². The van der Waals surface area contributed by atoms with Gasteiger partial charge in [0.15, 0.2) is 6.61 Å². The first-order chi connectivity index (χ1) is 10.1. The van der Waals surface area contributed by atoms with Crippen molar-refractivity contribution in [2.45, 2.75) is 6.04 Å². The smallest absolute Gasteiger partial charge is 0.261 e. The topological polar surface area (TPSA) is 70.7 Å². The second-order valence-corrected chi connectivity index (χ2v) is 5.10. The van der Waals surface area contributed by atoms with Gasteiger partial charge in [0.25, 0.3) is 5.91 Å². The van der Waals surface area contributed by atoms with Crippen LogP contribution in [0.4, 0.5) is 0 Å². The fraction of sp³-hybridized carbons (Fsp3) is 0.429. The van der Waals surface area contributed by atoms with Gasteiger partial charge in [-0.3, -0.25) is 9.59 Å². The fourth-order valence-electron chi connectivity index (χ4n) is 2.19. The van der Waals surface area contributed by atoms with Gasteiger partial charge in [0.1, 0.15) is 11.8 Å². The second-order valence-electron chi connectivity index (χ2n) is 4.67. The van der Waals surface area contributed by atoms with Crippen molar-refractivity contribution >= 4 is 23.4 Å². The van der Waals surface area contributed by atoms with Gasteiger partial charge in [-0.2, -0.15) is 0 Å². The minimum Gasteiger partial charge on any atom is -0.484 e. The summed E-state index contributed by atoms with van der Waals surface area (Å²) >= 11 is 5.86. The summed E-state index contributed by atoms with van der Waals surface area (Å²) < 4.78 is 5.44. The summed E-state index contributed by atoms with van der Waals surface area (Å²) in [6.45, 7) is 1.47. The Morgan fingerprint density at radius 2 is 2.33 bits per heavy atom. The lowest BCUT2D eigenvalue weighted by Crippen LogP contribution is -2.60. The molecule has 1 aromatic rings. The van der Waals surface area contributed by atoms with Gasteiger partial charge in [0.2, 0.25) is 5.91 Å². The van der Waals surface area contributed by atoms with Crippen molar-refractivity contribution in [2.75, 3.05) is 33.3 Å². The molecule has 1 unspecified atom stereocenters. The summed E-state index contributed by atoms with van der Waals surface area (Å²) in [5.74, 6) is 0.130. The third kappa shape index (κ3) is 4.09. The number of rotatable bonds is 4. The molecule has 0 aromatic heterocycles. The molecule has 0 saturated carbocycles. The molecule has 6 nitrogen and oxygen atoms in total. The molecule has 114 valence electrons. The number of ether oxygens (including phenoxy) is 1. The van der Waals surface area contributed by atoms with Crippen molar-refractivity contribution < 1.29 is 14.3 Å². The van der Waals surface area contributed by atoms with E-state index in [-0.39, 0.29) is 18.4 Å². The highest BCUT2D eigenvalue weighted by molar-refractivity contribution is 6.30. The van der Waals surface area contributed by atoms with Crippen molar-refractivity contribution in [3.05, 3.63) is 29.3 Å². The van der Waals surface area contributed by atoms with Gasteiger partial charge in [0, 0.05) is 31.7 Å². The molecule has 2 amide bonds. The van der Waals surface area contributed by atoms with Crippen LogP contribution >= 0.6 is 11.6 Å². The summed E-state index contributed by atoms with van der Waals surface area (Å²) in [4.78, 5) is 25.6. The van der Waals surface area contributed by atoms with Crippen LogP contribution in [0.3, 0.4) is 0 Å². The monoisotopic (exact) mass is 311 g/mol. The predicted octanol–water partition coefficient (Wildman–Crippen LogP) is 0.265. The van der Waals surface area contributed by atoms with Crippen LogP contribution in [0.2, 0.25) is 5.02 Å². The number of carbonyl (C=O) groups excluding carboxylic acids is 2. The Morgan fingerprint density at radius 3 is 3.05 bits per heavy atom. The fourth-order valence-corrected chi connectivity index (χ4v) is 2.37. The number of hydrogen-bond donors (Lipinski definition) is 2. The summed E-state index contributed by atoms with van der Waals surface area (Å²) in [6.07, 6.45) is 0. The largest absolute Gasteiger partial charge is 0.484 e. The van der Waals surface area contributed by atoms with Crippen LogP contribution in [0, 0.1) is 0 Å². The Hall–Kier alpha value is -1.79. The van der Waals surface area contributed by atoms with E-state index in [4.69, 9.17) is 16.3 Å². The number of amides is 2. The third-order valence-corrected chi connectivity index (χ3v) is 3.51. The van der Waals surface area contributed by atoms with E-state index in [2.05, 4.69) is 10.6 Å². The van der Waals surface area contributed by atoms with E-state index in [0.29, 0.717) is 30.4 Å². The highest BCUT2D eigenvalue weighted by Gasteiger charge is 2.31. The number of nitrogens with one attached hydrogen (secondary N) is 2. The average molecular weight is 312 g/mol. The summed E-state index contributed by atoms with van der Waals surface area (Å²) in [7, 11) is 1.56. The first-order valence-corrected chi connectivity index (χ1v) is 7.09. The van der Waals surface area contributed by atoms with E-state index in [1.807, 2.05) is 0 Å². The van der Waals surface area contributed by atoms with Crippen molar-refractivity contribution in [3.8, 4) is 5.75 Å². The Balaban J connectivity index is 1.96. The van der Waals surface area contributed by atoms with Gasteiger partial charge >= 0.3 is 0 Å². The lowest BCUT2D eigenvalue weighted by atomic mass is 10.1. The van der Waals surface area contributed by atoms with Gasteiger partial charge in [-0.15, -0.1) is 0 Å². The van der Waals surface area contributed by atoms with Crippen molar-refractivity contribution in [3.63, 3.8) is 0 Å². The minimum atomic E-state index is -0.501. The molecule has 1 aliphatic heterocycles. The maximum absolute atomic E-state index is 12.2. The number of hydrogen-bond acceptors (Lipinski definition) is 4. The quantitative estimate of drug-likeness (QED) is 0.837. The highest BCUT2D eigenvalue weighted by Crippen LogP contribution is 2.17. The molecule has 1 aliphatic rings. The Bertz CT molecular complexity index is 524. The Morgan fingerprint density at radius 1 is 1.52 bits per heavy atom. The molecule has 0 bridgehead atoms. The van der Waals surface area contributed by atoms with E-state index in [1.165, 1.54) is 0 Å². The van der Waals surface area contributed by atoms with E-state index < -0.39 is 6.04 Å². The van der Waals surface area contributed by atoms with Crippen molar-refractivity contribution in [2.24, 2.45) is 0 Å². The first kappa shape index (κ1) is 15.6. The van der Waals surface area contributed by atoms with Gasteiger partial charge in [-0.1, -0.05) is 17.7 Å². The lowest BCUT2D eigenvalue weighted by Gasteiger charge is -2.34. The second kappa shape index (κ2) is 7.28. The number of piperazine rings is 1. The van der Waals surface area contributed by atoms with Gasteiger partial charge in [0.05, 0.1) is 0 Å². The molecule has 2 N–H and O–H groups in total. The molecule has 0 aliphatic carbocycles. The molecule has 0 spiro atoms. The molecule has 1 atom stereocenters.